The molecule has 6 aromatic rings. The molecule has 21 heteroatoms. The highest BCUT2D eigenvalue weighted by Crippen LogP contribution is 2.56. The fourth-order valence-electron chi connectivity index (χ4n) is 9.12. The minimum atomic E-state index is -4.48. The second-order valence-corrected chi connectivity index (χ2v) is 18.1. The molecule has 1 aliphatic carbocycles. The van der Waals surface area contributed by atoms with Crippen molar-refractivity contribution in [2.24, 2.45) is 11.7 Å². The Hall–Kier alpha value is -8.17. The number of nitrogens with zero attached hydrogens (tertiary/aromatic N) is 1. The van der Waals surface area contributed by atoms with E-state index in [-0.39, 0.29) is 50.4 Å². The van der Waals surface area contributed by atoms with Gasteiger partial charge in [-0.15, -0.1) is 0 Å². The van der Waals surface area contributed by atoms with Crippen molar-refractivity contribution < 1.29 is 85.9 Å². The number of aliphatic hydroxyl groups is 1. The number of carboxylic acid groups (broad SMARTS) is 3. The van der Waals surface area contributed by atoms with Crippen molar-refractivity contribution in [3.8, 4) is 51.9 Å². The summed E-state index contributed by atoms with van der Waals surface area (Å²) >= 11 is 0. The monoisotopic (exact) mass is 1090 g/mol. The summed E-state index contributed by atoms with van der Waals surface area (Å²) in [7, 11) is 4.56. The molecule has 18 nitrogen and oxygen atoms in total. The zero-order chi connectivity index (χ0) is 56.7. The third kappa shape index (κ3) is 14.6. The fourth-order valence-corrected chi connectivity index (χ4v) is 9.12. The summed E-state index contributed by atoms with van der Waals surface area (Å²) in [5.41, 5.74) is 10.2. The number of hydrogen-bond donors (Lipinski definition) is 6. The van der Waals surface area contributed by atoms with E-state index in [1.54, 1.807) is 31.4 Å². The predicted octanol–water partition coefficient (Wildman–Crippen LogP) is 10.4. The SMILES string of the molecule is CCCOc1ccc2c(c1)[C@@H](c1ccc(OC)cc1OCCO)[C@H](C(=O)O)[C@H]2c1ccc2c(c1)OCO2.COc1cc(C)c2c(Oc3cccc(C(F)(F)F)c3)c(OC)cc(NC(C)CCCN)c2n1.O=C(O)CCC(=O)O. The van der Waals surface area contributed by atoms with E-state index in [9.17, 15) is 37.8 Å². The molecule has 0 spiro atoms. The van der Waals surface area contributed by atoms with Gasteiger partial charge in [0, 0.05) is 41.6 Å². The van der Waals surface area contributed by atoms with Crippen molar-refractivity contribution >= 4 is 34.5 Å². The molecule has 1 aromatic heterocycles. The first-order chi connectivity index (χ1) is 37.3. The van der Waals surface area contributed by atoms with Crippen LogP contribution in [0.3, 0.4) is 0 Å². The Balaban J connectivity index is 0.000000223. The maximum Gasteiger partial charge on any atom is 0.416 e. The van der Waals surface area contributed by atoms with Gasteiger partial charge in [0.05, 0.1) is 69.9 Å². The number of anilines is 1. The number of alkyl halides is 3. The smallest absolute Gasteiger partial charge is 0.416 e. The number of aliphatic carboxylic acids is 3. The number of aryl methyl sites for hydroxylation is 1. The largest absolute Gasteiger partial charge is 0.497 e. The zero-order valence-corrected chi connectivity index (χ0v) is 44.0. The Bertz CT molecular complexity index is 3030. The molecule has 0 amide bonds. The van der Waals surface area contributed by atoms with Crippen molar-refractivity contribution in [1.82, 2.24) is 4.98 Å². The van der Waals surface area contributed by atoms with Crippen LogP contribution < -0.4 is 48.9 Å². The molecule has 7 N–H and O–H groups in total. The van der Waals surface area contributed by atoms with Crippen LogP contribution in [0.15, 0.2) is 91.0 Å². The Morgan fingerprint density at radius 2 is 1.50 bits per heavy atom. The molecule has 0 fully saturated rings. The molecular formula is C57H64F3N3O15. The Kier molecular flexibility index (Phi) is 20.6. The van der Waals surface area contributed by atoms with E-state index in [0.717, 1.165) is 53.6 Å². The van der Waals surface area contributed by atoms with Crippen molar-refractivity contribution in [3.63, 3.8) is 0 Å². The van der Waals surface area contributed by atoms with Crippen molar-refractivity contribution in [1.29, 1.82) is 0 Å². The minimum absolute atomic E-state index is 0.0386. The number of ether oxygens (including phenoxy) is 8. The van der Waals surface area contributed by atoms with Gasteiger partial charge in [-0.25, -0.2) is 4.98 Å². The van der Waals surface area contributed by atoms with Gasteiger partial charge in [-0.05, 0) is 110 Å². The van der Waals surface area contributed by atoms with Crippen LogP contribution in [-0.4, -0.2) is 104 Å². The van der Waals surface area contributed by atoms with E-state index in [1.165, 1.54) is 26.4 Å². The first kappa shape index (κ1) is 59.1. The molecule has 0 radical (unpaired) electrons. The summed E-state index contributed by atoms with van der Waals surface area (Å²) in [6.45, 7) is 7.11. The first-order valence-electron chi connectivity index (χ1n) is 25.0. The molecule has 0 bridgehead atoms. The number of methoxy groups -OCH3 is 3. The number of aromatic nitrogens is 1. The van der Waals surface area contributed by atoms with Crippen LogP contribution in [0.25, 0.3) is 10.9 Å². The van der Waals surface area contributed by atoms with E-state index in [1.807, 2.05) is 63.2 Å². The molecular weight excluding hydrogens is 1020 g/mol. The highest BCUT2D eigenvalue weighted by molar-refractivity contribution is 6.00. The molecule has 2 aliphatic rings. The number of carbonyl (C=O) groups is 3. The zero-order valence-electron chi connectivity index (χ0n) is 44.0. The highest BCUT2D eigenvalue weighted by Gasteiger charge is 2.48. The fraction of sp³-hybridized carbons (Fsp3) is 0.368. The molecule has 78 heavy (non-hydrogen) atoms. The van der Waals surface area contributed by atoms with Crippen LogP contribution in [0, 0.1) is 12.8 Å². The lowest BCUT2D eigenvalue weighted by Gasteiger charge is -2.25. The molecule has 4 atom stereocenters. The Morgan fingerprint density at radius 3 is 2.14 bits per heavy atom. The van der Waals surface area contributed by atoms with Gasteiger partial charge >= 0.3 is 24.1 Å². The normalized spacial score (nSPS) is 15.3. The molecule has 1 aliphatic heterocycles. The number of nitrogens with two attached hydrogens (primary N) is 1. The first-order valence-corrected chi connectivity index (χ1v) is 25.0. The molecule has 0 saturated heterocycles. The molecule has 8 rings (SSSR count). The van der Waals surface area contributed by atoms with Crippen LogP contribution in [0.5, 0.6) is 51.9 Å². The average molecular weight is 1090 g/mol. The van der Waals surface area contributed by atoms with Gasteiger partial charge in [-0.3, -0.25) is 14.4 Å². The second-order valence-electron chi connectivity index (χ2n) is 18.1. The molecule has 2 heterocycles. The van der Waals surface area contributed by atoms with Gasteiger partial charge < -0.3 is 69.4 Å². The van der Waals surface area contributed by atoms with Crippen LogP contribution >= 0.6 is 0 Å². The lowest BCUT2D eigenvalue weighted by Crippen LogP contribution is -2.24. The Morgan fingerprint density at radius 1 is 0.782 bits per heavy atom. The average Bonchev–Trinajstić information content (AvgIpc) is 4.15. The Labute approximate surface area is 448 Å². The van der Waals surface area contributed by atoms with Crippen LogP contribution in [0.1, 0.15) is 91.2 Å². The number of pyridine rings is 1. The topological polar surface area (TPSA) is 257 Å². The number of nitrogens with one attached hydrogen (secondary N) is 1. The number of rotatable bonds is 22. The number of hydrogen-bond acceptors (Lipinski definition) is 15. The highest BCUT2D eigenvalue weighted by atomic mass is 19.4. The van der Waals surface area contributed by atoms with E-state index in [4.69, 9.17) is 53.8 Å². The summed E-state index contributed by atoms with van der Waals surface area (Å²) in [6, 6.07) is 25.1. The molecule has 5 aromatic carbocycles. The number of benzene rings is 5. The van der Waals surface area contributed by atoms with Gasteiger partial charge in [0.25, 0.3) is 0 Å². The van der Waals surface area contributed by atoms with Gasteiger partial charge in [-0.2, -0.15) is 13.2 Å². The quantitative estimate of drug-likeness (QED) is 0.0369. The molecule has 418 valence electrons. The number of aliphatic hydroxyl groups excluding tert-OH is 1. The lowest BCUT2D eigenvalue weighted by molar-refractivity contribution is -0.143. The van der Waals surface area contributed by atoms with Gasteiger partial charge in [0.15, 0.2) is 23.0 Å². The standard InChI is InChI=1S/C29H30O8.C24H28F3N3O3.C4H6O4/c1-3-11-34-19-6-7-20-22(14-19)27(21-8-5-18(33-2)15-24(21)35-12-10-30)28(29(31)32)26(20)17-4-9-23-25(13-17)37-16-36-23;1-14-11-20(32-4)30-22-18(29-15(2)7-6-10-28)13-19(31-3)23(21(14)22)33-17-9-5-8-16(12-17)24(25,26)27;5-3(6)1-2-4(7)8/h4-9,13-15,26-28,30H,3,10-12,16H2,1-2H3,(H,31,32);5,8-9,11-13,15,29H,6-7,10,28H2,1-4H3;1-2H2,(H,5,6)(H,7,8)/t26-,27+,28+;;/m0../s1. The number of carboxylic acids is 3. The predicted molar refractivity (Wildman–Crippen MR) is 282 cm³/mol. The van der Waals surface area contributed by atoms with Crippen molar-refractivity contribution in [2.75, 3.05) is 59.8 Å². The number of halogens is 3. The van der Waals surface area contributed by atoms with Crippen LogP contribution in [0.2, 0.25) is 0 Å². The van der Waals surface area contributed by atoms with Gasteiger partial charge in [0.2, 0.25) is 12.7 Å². The molecule has 1 unspecified atom stereocenters. The second kappa shape index (κ2) is 27.2. The van der Waals surface area contributed by atoms with Gasteiger partial charge in [0.1, 0.15) is 35.1 Å². The summed E-state index contributed by atoms with van der Waals surface area (Å²) in [6.07, 6.45) is -2.51. The van der Waals surface area contributed by atoms with Crippen LogP contribution in [0.4, 0.5) is 18.9 Å². The lowest BCUT2D eigenvalue weighted by atomic mass is 9.79. The summed E-state index contributed by atoms with van der Waals surface area (Å²) in [5.74, 6) is -0.816. The van der Waals surface area contributed by atoms with E-state index in [0.29, 0.717) is 75.7 Å². The molecule has 0 saturated carbocycles. The van der Waals surface area contributed by atoms with E-state index < -0.39 is 47.4 Å². The maximum absolute atomic E-state index is 13.2. The van der Waals surface area contributed by atoms with E-state index >= 15 is 0 Å². The number of fused-ring (bicyclic) bond motifs is 3. The summed E-state index contributed by atoms with van der Waals surface area (Å²) < 4.78 is 84.8. The van der Waals surface area contributed by atoms with Crippen LogP contribution in [-0.2, 0) is 20.6 Å². The van der Waals surface area contributed by atoms with E-state index in [2.05, 4.69) is 10.3 Å². The minimum Gasteiger partial charge on any atom is -0.497 e. The van der Waals surface area contributed by atoms with Crippen molar-refractivity contribution in [2.45, 2.75) is 76.9 Å². The third-order valence-corrected chi connectivity index (χ3v) is 12.6. The summed E-state index contributed by atoms with van der Waals surface area (Å²) in [4.78, 5) is 36.9. The van der Waals surface area contributed by atoms with Gasteiger partial charge in [-0.1, -0.05) is 31.2 Å². The third-order valence-electron chi connectivity index (χ3n) is 12.6. The van der Waals surface area contributed by atoms with Crippen molar-refractivity contribution in [3.05, 3.63) is 124 Å². The maximum atomic E-state index is 13.2. The summed E-state index contributed by atoms with van der Waals surface area (Å²) in [5, 5.41) is 39.9.